The molecule has 1 saturated carbocycles. The number of hydrogen-bond acceptors (Lipinski definition) is 4. The molecule has 0 unspecified atom stereocenters. The lowest BCUT2D eigenvalue weighted by Gasteiger charge is -2.39. The van der Waals surface area contributed by atoms with Crippen LogP contribution < -0.4 is 4.90 Å². The van der Waals surface area contributed by atoms with E-state index < -0.39 is 0 Å². The minimum atomic E-state index is 0.334. The van der Waals surface area contributed by atoms with Gasteiger partial charge >= 0.3 is 0 Å². The number of carbonyl (C=O) groups excluding carboxylic acids is 1. The molecule has 0 N–H and O–H groups in total. The lowest BCUT2D eigenvalue weighted by molar-refractivity contribution is -0.134. The maximum atomic E-state index is 12.5. The van der Waals surface area contributed by atoms with Crippen LogP contribution in [0.25, 0.3) is 0 Å². The van der Waals surface area contributed by atoms with Crippen molar-refractivity contribution in [3.63, 3.8) is 0 Å². The molecule has 0 radical (unpaired) electrons. The first-order valence-corrected chi connectivity index (χ1v) is 9.88. The van der Waals surface area contributed by atoms with Crippen LogP contribution in [-0.2, 0) is 4.79 Å². The zero-order valence-electron chi connectivity index (χ0n) is 15.3. The minimum absolute atomic E-state index is 0.334. The Bertz CT molecular complexity index is 585. The molecule has 3 fully saturated rings. The highest BCUT2D eigenvalue weighted by molar-refractivity contribution is 5.81. The predicted octanol–water partition coefficient (Wildman–Crippen LogP) is 2.10. The molecule has 25 heavy (non-hydrogen) atoms. The number of anilines is 1. The van der Waals surface area contributed by atoms with Crippen molar-refractivity contribution >= 4 is 11.7 Å². The summed E-state index contributed by atoms with van der Waals surface area (Å²) in [6.07, 6.45) is 5.42. The molecule has 5 heteroatoms. The maximum absolute atomic E-state index is 12.5. The van der Waals surface area contributed by atoms with E-state index in [2.05, 4.69) is 38.7 Å². The summed E-state index contributed by atoms with van der Waals surface area (Å²) in [5, 5.41) is 0. The number of aromatic nitrogens is 1. The minimum Gasteiger partial charge on any atom is -0.354 e. The Morgan fingerprint density at radius 2 is 2.00 bits per heavy atom. The Kier molecular flexibility index (Phi) is 4.93. The van der Waals surface area contributed by atoms with Crippen LogP contribution in [0.3, 0.4) is 0 Å². The van der Waals surface area contributed by atoms with Gasteiger partial charge in [0.2, 0.25) is 5.91 Å². The van der Waals surface area contributed by atoms with Gasteiger partial charge in [-0.25, -0.2) is 4.98 Å². The molecular formula is C20H30N4O. The van der Waals surface area contributed by atoms with Gasteiger partial charge in [-0.05, 0) is 43.2 Å². The number of hydrogen-bond donors (Lipinski definition) is 0. The standard InChI is InChI=1S/C20H30N4O/c1-16-13-18(16)20(25)24-8-4-5-17(15-24)14-22-9-11-23(12-10-22)19-6-2-3-7-21-19/h2-3,6-7,16-18H,4-5,8-15H2,1H3/t16-,17-,18-/m1/s1. The number of piperazine rings is 1. The van der Waals surface area contributed by atoms with Crippen molar-refractivity contribution in [2.75, 3.05) is 50.7 Å². The van der Waals surface area contributed by atoms with Crippen molar-refractivity contribution < 1.29 is 4.79 Å². The fraction of sp³-hybridized carbons (Fsp3) is 0.700. The van der Waals surface area contributed by atoms with Crippen LogP contribution in [0.5, 0.6) is 0 Å². The molecule has 3 heterocycles. The molecule has 1 aromatic rings. The van der Waals surface area contributed by atoms with Crippen LogP contribution in [0.4, 0.5) is 5.82 Å². The molecule has 0 bridgehead atoms. The van der Waals surface area contributed by atoms with E-state index in [0.717, 1.165) is 58.1 Å². The van der Waals surface area contributed by atoms with Crippen molar-refractivity contribution in [2.45, 2.75) is 26.2 Å². The molecular weight excluding hydrogens is 312 g/mol. The van der Waals surface area contributed by atoms with E-state index in [4.69, 9.17) is 0 Å². The van der Waals surface area contributed by atoms with E-state index >= 15 is 0 Å². The highest BCUT2D eigenvalue weighted by atomic mass is 16.2. The Labute approximate surface area is 151 Å². The molecule has 0 aromatic carbocycles. The van der Waals surface area contributed by atoms with Crippen molar-refractivity contribution in [3.8, 4) is 0 Å². The molecule has 2 aliphatic heterocycles. The third kappa shape index (κ3) is 3.97. The summed E-state index contributed by atoms with van der Waals surface area (Å²) in [5.74, 6) is 3.12. The van der Waals surface area contributed by atoms with Crippen LogP contribution in [0.2, 0.25) is 0 Å². The van der Waals surface area contributed by atoms with Crippen molar-refractivity contribution in [1.29, 1.82) is 0 Å². The van der Waals surface area contributed by atoms with E-state index in [1.807, 2.05) is 12.3 Å². The van der Waals surface area contributed by atoms with Crippen molar-refractivity contribution in [3.05, 3.63) is 24.4 Å². The molecule has 3 atom stereocenters. The Balaban J connectivity index is 1.25. The van der Waals surface area contributed by atoms with Gasteiger partial charge in [0.1, 0.15) is 5.82 Å². The van der Waals surface area contributed by atoms with E-state index in [-0.39, 0.29) is 0 Å². The summed E-state index contributed by atoms with van der Waals surface area (Å²) in [4.78, 5) is 24.1. The molecule has 136 valence electrons. The maximum Gasteiger partial charge on any atom is 0.225 e. The first-order valence-electron chi connectivity index (χ1n) is 9.88. The van der Waals surface area contributed by atoms with Gasteiger partial charge in [-0.3, -0.25) is 9.69 Å². The lowest BCUT2D eigenvalue weighted by Crippen LogP contribution is -2.50. The molecule has 1 amide bonds. The van der Waals surface area contributed by atoms with Gasteiger partial charge in [-0.15, -0.1) is 0 Å². The van der Waals surface area contributed by atoms with Crippen molar-refractivity contribution in [2.24, 2.45) is 17.8 Å². The Hall–Kier alpha value is -1.62. The summed E-state index contributed by atoms with van der Waals surface area (Å²) in [5.41, 5.74) is 0. The Morgan fingerprint density at radius 1 is 1.20 bits per heavy atom. The highest BCUT2D eigenvalue weighted by Crippen LogP contribution is 2.39. The fourth-order valence-electron chi connectivity index (χ4n) is 4.38. The number of pyridine rings is 1. The SMILES string of the molecule is C[C@@H]1C[C@H]1C(=O)N1CCC[C@H](CN2CCN(c3ccccn3)CC2)C1. The number of rotatable bonds is 4. The molecule has 1 aromatic heterocycles. The number of carbonyl (C=O) groups is 1. The third-order valence-electron chi connectivity index (χ3n) is 6.12. The zero-order chi connectivity index (χ0) is 17.2. The van der Waals surface area contributed by atoms with Gasteiger partial charge in [0.15, 0.2) is 0 Å². The van der Waals surface area contributed by atoms with Gasteiger partial charge in [0, 0.05) is 57.9 Å². The molecule has 5 nitrogen and oxygen atoms in total. The van der Waals surface area contributed by atoms with E-state index in [9.17, 15) is 4.79 Å². The van der Waals surface area contributed by atoms with Gasteiger partial charge in [0.25, 0.3) is 0 Å². The van der Waals surface area contributed by atoms with Gasteiger partial charge in [0.05, 0.1) is 0 Å². The first-order chi connectivity index (χ1) is 12.2. The number of piperidine rings is 1. The van der Waals surface area contributed by atoms with Crippen LogP contribution in [0.15, 0.2) is 24.4 Å². The largest absolute Gasteiger partial charge is 0.354 e. The molecule has 0 spiro atoms. The lowest BCUT2D eigenvalue weighted by atomic mass is 9.96. The van der Waals surface area contributed by atoms with Crippen LogP contribution in [0, 0.1) is 17.8 Å². The summed E-state index contributed by atoms with van der Waals surface area (Å²) in [6, 6.07) is 6.13. The predicted molar refractivity (Wildman–Crippen MR) is 99.5 cm³/mol. The number of likely N-dealkylation sites (tertiary alicyclic amines) is 1. The van der Waals surface area contributed by atoms with Crippen LogP contribution in [-0.4, -0.2) is 66.5 Å². The van der Waals surface area contributed by atoms with Crippen molar-refractivity contribution in [1.82, 2.24) is 14.8 Å². The zero-order valence-corrected chi connectivity index (χ0v) is 15.3. The average molecular weight is 342 g/mol. The van der Waals surface area contributed by atoms with E-state index in [1.165, 1.54) is 12.8 Å². The van der Waals surface area contributed by atoms with Crippen LogP contribution in [0.1, 0.15) is 26.2 Å². The van der Waals surface area contributed by atoms with Gasteiger partial charge in [-0.1, -0.05) is 13.0 Å². The molecule has 4 rings (SSSR count). The monoisotopic (exact) mass is 342 g/mol. The Morgan fingerprint density at radius 3 is 2.68 bits per heavy atom. The molecule has 3 aliphatic rings. The number of amides is 1. The second kappa shape index (κ2) is 7.32. The van der Waals surface area contributed by atoms with Gasteiger partial charge < -0.3 is 9.80 Å². The second-order valence-corrected chi connectivity index (χ2v) is 8.09. The summed E-state index contributed by atoms with van der Waals surface area (Å²) in [6.45, 7) is 9.58. The molecule has 1 aliphatic carbocycles. The second-order valence-electron chi connectivity index (χ2n) is 8.09. The van der Waals surface area contributed by atoms with Gasteiger partial charge in [-0.2, -0.15) is 0 Å². The quantitative estimate of drug-likeness (QED) is 0.840. The summed E-state index contributed by atoms with van der Waals surface area (Å²) < 4.78 is 0. The number of nitrogens with zero attached hydrogens (tertiary/aromatic N) is 4. The highest BCUT2D eigenvalue weighted by Gasteiger charge is 2.42. The normalized spacial score (nSPS) is 30.4. The average Bonchev–Trinajstić information content (AvgIpc) is 3.39. The topological polar surface area (TPSA) is 39.7 Å². The van der Waals surface area contributed by atoms with E-state index in [0.29, 0.717) is 23.7 Å². The first kappa shape index (κ1) is 16.8. The smallest absolute Gasteiger partial charge is 0.225 e. The fourth-order valence-corrected chi connectivity index (χ4v) is 4.38. The van der Waals surface area contributed by atoms with E-state index in [1.54, 1.807) is 0 Å². The summed E-state index contributed by atoms with van der Waals surface area (Å²) >= 11 is 0. The summed E-state index contributed by atoms with van der Waals surface area (Å²) in [7, 11) is 0. The third-order valence-corrected chi connectivity index (χ3v) is 6.12. The van der Waals surface area contributed by atoms with Crippen LogP contribution >= 0.6 is 0 Å². The molecule has 2 saturated heterocycles.